The fourth-order valence-electron chi connectivity index (χ4n) is 1.27. The van der Waals surface area contributed by atoms with Crippen molar-refractivity contribution < 1.29 is 14.2 Å². The third kappa shape index (κ3) is 5.54. The standard InChI is InChI=1S/C10H21NO3/c1-12-4-5-14-7-6-13-3-2-10-8-11-9-10/h10-11H,2-9H2,1H3. The number of methoxy groups -OCH3 is 1. The van der Waals surface area contributed by atoms with Crippen molar-refractivity contribution in [3.63, 3.8) is 0 Å². The first-order valence-corrected chi connectivity index (χ1v) is 5.28. The third-order valence-electron chi connectivity index (χ3n) is 2.34. The highest BCUT2D eigenvalue weighted by Crippen LogP contribution is 2.07. The van der Waals surface area contributed by atoms with Crippen LogP contribution in [-0.2, 0) is 14.2 Å². The van der Waals surface area contributed by atoms with Crippen molar-refractivity contribution >= 4 is 0 Å². The summed E-state index contributed by atoms with van der Waals surface area (Å²) >= 11 is 0. The van der Waals surface area contributed by atoms with Gasteiger partial charge in [-0.15, -0.1) is 0 Å². The van der Waals surface area contributed by atoms with Crippen LogP contribution in [-0.4, -0.2) is 53.2 Å². The number of hydrogen-bond donors (Lipinski definition) is 1. The summed E-state index contributed by atoms with van der Waals surface area (Å²) in [5.41, 5.74) is 0. The molecule has 14 heavy (non-hydrogen) atoms. The van der Waals surface area contributed by atoms with Crippen LogP contribution >= 0.6 is 0 Å². The fourth-order valence-corrected chi connectivity index (χ4v) is 1.27. The largest absolute Gasteiger partial charge is 0.382 e. The highest BCUT2D eigenvalue weighted by Gasteiger charge is 2.15. The molecule has 1 aliphatic heterocycles. The van der Waals surface area contributed by atoms with E-state index in [0.29, 0.717) is 26.4 Å². The van der Waals surface area contributed by atoms with Crippen LogP contribution in [0.15, 0.2) is 0 Å². The van der Waals surface area contributed by atoms with E-state index in [1.807, 2.05) is 0 Å². The van der Waals surface area contributed by atoms with Crippen molar-refractivity contribution in [3.8, 4) is 0 Å². The first-order valence-electron chi connectivity index (χ1n) is 5.28. The molecule has 4 nitrogen and oxygen atoms in total. The molecule has 4 heteroatoms. The zero-order valence-electron chi connectivity index (χ0n) is 8.96. The Labute approximate surface area is 85.9 Å². The van der Waals surface area contributed by atoms with Gasteiger partial charge in [-0.25, -0.2) is 0 Å². The molecule has 0 amide bonds. The van der Waals surface area contributed by atoms with E-state index in [4.69, 9.17) is 14.2 Å². The minimum Gasteiger partial charge on any atom is -0.382 e. The van der Waals surface area contributed by atoms with Crippen molar-refractivity contribution in [1.82, 2.24) is 5.32 Å². The van der Waals surface area contributed by atoms with Gasteiger partial charge >= 0.3 is 0 Å². The van der Waals surface area contributed by atoms with Crippen LogP contribution in [0.4, 0.5) is 0 Å². The average molecular weight is 203 g/mol. The van der Waals surface area contributed by atoms with Gasteiger partial charge in [0.2, 0.25) is 0 Å². The molecule has 1 aliphatic rings. The van der Waals surface area contributed by atoms with E-state index >= 15 is 0 Å². The molecule has 0 aliphatic carbocycles. The summed E-state index contributed by atoms with van der Waals surface area (Å²) in [4.78, 5) is 0. The van der Waals surface area contributed by atoms with Gasteiger partial charge in [-0.1, -0.05) is 0 Å². The molecule has 1 saturated heterocycles. The van der Waals surface area contributed by atoms with E-state index in [-0.39, 0.29) is 0 Å². The van der Waals surface area contributed by atoms with Gasteiger partial charge in [-0.2, -0.15) is 0 Å². The van der Waals surface area contributed by atoms with E-state index in [1.54, 1.807) is 7.11 Å². The minimum atomic E-state index is 0.659. The second kappa shape index (κ2) is 8.17. The van der Waals surface area contributed by atoms with Gasteiger partial charge in [0.15, 0.2) is 0 Å². The molecule has 0 aromatic carbocycles. The van der Waals surface area contributed by atoms with E-state index < -0.39 is 0 Å². The molecule has 1 rings (SSSR count). The highest BCUT2D eigenvalue weighted by atomic mass is 16.5. The quantitative estimate of drug-likeness (QED) is 0.546. The molecule has 0 radical (unpaired) electrons. The van der Waals surface area contributed by atoms with Gasteiger partial charge in [0.05, 0.1) is 26.4 Å². The van der Waals surface area contributed by atoms with Crippen LogP contribution in [0.1, 0.15) is 6.42 Å². The molecular weight excluding hydrogens is 182 g/mol. The second-order valence-corrected chi connectivity index (χ2v) is 3.53. The van der Waals surface area contributed by atoms with Crippen LogP contribution in [0.25, 0.3) is 0 Å². The molecule has 0 aromatic rings. The summed E-state index contributed by atoms with van der Waals surface area (Å²) in [5, 5.41) is 3.24. The van der Waals surface area contributed by atoms with Crippen LogP contribution < -0.4 is 5.32 Å². The normalized spacial score (nSPS) is 16.9. The maximum absolute atomic E-state index is 5.43. The molecule has 0 spiro atoms. The Hall–Kier alpha value is -0.160. The summed E-state index contributed by atoms with van der Waals surface area (Å²) in [6.07, 6.45) is 1.17. The number of hydrogen-bond acceptors (Lipinski definition) is 4. The molecule has 0 bridgehead atoms. The summed E-state index contributed by atoms with van der Waals surface area (Å²) in [5.74, 6) is 0.837. The number of rotatable bonds is 9. The Bertz CT molecular complexity index is 129. The topological polar surface area (TPSA) is 39.7 Å². The summed E-state index contributed by atoms with van der Waals surface area (Å²) in [6.45, 7) is 5.87. The Balaban J connectivity index is 1.67. The first kappa shape index (κ1) is 11.9. The molecule has 84 valence electrons. The predicted octanol–water partition coefficient (Wildman–Crippen LogP) is 0.276. The zero-order valence-corrected chi connectivity index (χ0v) is 8.96. The lowest BCUT2D eigenvalue weighted by atomic mass is 10.0. The van der Waals surface area contributed by atoms with Gasteiger partial charge in [0, 0.05) is 13.7 Å². The monoisotopic (exact) mass is 203 g/mol. The molecule has 1 heterocycles. The number of nitrogens with one attached hydrogen (secondary N) is 1. The maximum atomic E-state index is 5.43. The average Bonchev–Trinajstić information content (AvgIpc) is 2.13. The lowest BCUT2D eigenvalue weighted by Gasteiger charge is -2.26. The van der Waals surface area contributed by atoms with E-state index in [9.17, 15) is 0 Å². The van der Waals surface area contributed by atoms with Crippen molar-refractivity contribution in [2.75, 3.05) is 53.2 Å². The zero-order chi connectivity index (χ0) is 10.1. The van der Waals surface area contributed by atoms with Gasteiger partial charge in [0.1, 0.15) is 0 Å². The Morgan fingerprint density at radius 2 is 1.64 bits per heavy atom. The van der Waals surface area contributed by atoms with Crippen LogP contribution in [0.5, 0.6) is 0 Å². The van der Waals surface area contributed by atoms with Crippen molar-refractivity contribution in [1.29, 1.82) is 0 Å². The Kier molecular flexibility index (Phi) is 6.95. The van der Waals surface area contributed by atoms with E-state index in [2.05, 4.69) is 5.32 Å². The fraction of sp³-hybridized carbons (Fsp3) is 1.00. The predicted molar refractivity (Wildman–Crippen MR) is 54.5 cm³/mol. The van der Waals surface area contributed by atoms with Gasteiger partial charge in [-0.05, 0) is 25.4 Å². The van der Waals surface area contributed by atoms with E-state index in [1.165, 1.54) is 6.42 Å². The smallest absolute Gasteiger partial charge is 0.0701 e. The van der Waals surface area contributed by atoms with Crippen LogP contribution in [0, 0.1) is 5.92 Å². The summed E-state index contributed by atoms with van der Waals surface area (Å²) in [7, 11) is 1.67. The van der Waals surface area contributed by atoms with Gasteiger partial charge < -0.3 is 19.5 Å². The molecule has 0 aromatic heterocycles. The third-order valence-corrected chi connectivity index (χ3v) is 2.34. The second-order valence-electron chi connectivity index (χ2n) is 3.53. The lowest BCUT2D eigenvalue weighted by molar-refractivity contribution is 0.0204. The first-order chi connectivity index (χ1) is 6.93. The van der Waals surface area contributed by atoms with Crippen LogP contribution in [0.3, 0.4) is 0 Å². The summed E-state index contributed by atoms with van der Waals surface area (Å²) < 4.78 is 15.5. The Morgan fingerprint density at radius 1 is 1.00 bits per heavy atom. The van der Waals surface area contributed by atoms with Crippen molar-refractivity contribution in [2.45, 2.75) is 6.42 Å². The van der Waals surface area contributed by atoms with Gasteiger partial charge in [-0.3, -0.25) is 0 Å². The minimum absolute atomic E-state index is 0.659. The molecule has 0 unspecified atom stereocenters. The SMILES string of the molecule is COCCOCCOCCC1CNC1. The molecule has 0 saturated carbocycles. The van der Waals surface area contributed by atoms with E-state index in [0.717, 1.165) is 25.6 Å². The van der Waals surface area contributed by atoms with Gasteiger partial charge in [0.25, 0.3) is 0 Å². The van der Waals surface area contributed by atoms with Crippen molar-refractivity contribution in [2.24, 2.45) is 5.92 Å². The van der Waals surface area contributed by atoms with Crippen LogP contribution in [0.2, 0.25) is 0 Å². The Morgan fingerprint density at radius 3 is 2.21 bits per heavy atom. The maximum Gasteiger partial charge on any atom is 0.0701 e. The van der Waals surface area contributed by atoms with Crippen molar-refractivity contribution in [3.05, 3.63) is 0 Å². The lowest BCUT2D eigenvalue weighted by Crippen LogP contribution is -2.42. The molecule has 1 N–H and O–H groups in total. The summed E-state index contributed by atoms with van der Waals surface area (Å²) in [6, 6.07) is 0. The molecule has 0 atom stereocenters. The molecule has 1 fully saturated rings. The number of ether oxygens (including phenoxy) is 3. The highest BCUT2D eigenvalue weighted by molar-refractivity contribution is 4.73. The molecular formula is C10H21NO3.